The monoisotopic (exact) mass is 452 g/mol. The molecule has 0 amide bonds. The van der Waals surface area contributed by atoms with E-state index >= 15 is 0 Å². The van der Waals surface area contributed by atoms with E-state index in [2.05, 4.69) is 20.8 Å². The molecule has 1 aromatic rings. The molecule has 0 radical (unpaired) electrons. The van der Waals surface area contributed by atoms with Crippen molar-refractivity contribution in [3.63, 3.8) is 0 Å². The third kappa shape index (κ3) is 9.79. The average molecular weight is 453 g/mol. The average Bonchev–Trinajstić information content (AvgIpc) is 2.79. The lowest BCUT2D eigenvalue weighted by molar-refractivity contribution is 0.223. The van der Waals surface area contributed by atoms with Crippen LogP contribution in [-0.4, -0.2) is 30.0 Å². The Morgan fingerprint density at radius 3 is 1.34 bits per heavy atom. The van der Waals surface area contributed by atoms with Crippen LogP contribution >= 0.6 is 0 Å². The van der Waals surface area contributed by atoms with Gasteiger partial charge in [-0.05, 0) is 25.7 Å². The maximum atomic E-state index is 10.8. The minimum atomic E-state index is -0.231. The summed E-state index contributed by atoms with van der Waals surface area (Å²) in [5.74, 6) is 0.838. The second-order valence-corrected chi connectivity index (χ2v) is 8.64. The molecule has 0 aromatic heterocycles. The number of phenolic OH excluding ortho intramolecular Hbond substituents is 2. The fraction of sp³-hybridized carbons (Fsp3) is 0.778. The molecule has 2 N–H and O–H groups in total. The minimum Gasteiger partial charge on any atom is -0.504 e. The van der Waals surface area contributed by atoms with Crippen molar-refractivity contribution in [2.75, 3.05) is 19.8 Å². The number of hydrogen-bond donors (Lipinski definition) is 2. The largest absolute Gasteiger partial charge is 0.504 e. The Bertz CT molecular complexity index is 615. The zero-order valence-electron chi connectivity index (χ0n) is 21.1. The summed E-state index contributed by atoms with van der Waals surface area (Å²) >= 11 is 0. The molecule has 1 aromatic carbocycles. The van der Waals surface area contributed by atoms with Gasteiger partial charge < -0.3 is 24.4 Å². The lowest BCUT2D eigenvalue weighted by atomic mass is 10.0. The number of rotatable bonds is 20. The van der Waals surface area contributed by atoms with Gasteiger partial charge in [-0.1, -0.05) is 91.9 Å². The Morgan fingerprint density at radius 1 is 0.469 bits per heavy atom. The van der Waals surface area contributed by atoms with Crippen molar-refractivity contribution >= 4 is 0 Å². The normalized spacial score (nSPS) is 11.0. The molecule has 0 atom stereocenters. The van der Waals surface area contributed by atoms with Gasteiger partial charge in [0, 0.05) is 5.56 Å². The Balaban J connectivity index is 3.14. The van der Waals surface area contributed by atoms with Gasteiger partial charge in [0.2, 0.25) is 17.2 Å². The second kappa shape index (κ2) is 17.7. The summed E-state index contributed by atoms with van der Waals surface area (Å²) in [6, 6.07) is 0. The molecule has 5 heteroatoms. The highest BCUT2D eigenvalue weighted by Gasteiger charge is 2.27. The van der Waals surface area contributed by atoms with Crippen LogP contribution in [0.5, 0.6) is 28.7 Å². The lowest BCUT2D eigenvalue weighted by Crippen LogP contribution is -2.09. The van der Waals surface area contributed by atoms with E-state index in [-0.39, 0.29) is 17.2 Å². The second-order valence-electron chi connectivity index (χ2n) is 8.64. The maximum absolute atomic E-state index is 10.8. The molecule has 0 aliphatic heterocycles. The van der Waals surface area contributed by atoms with Gasteiger partial charge in [-0.2, -0.15) is 0 Å². The Labute approximate surface area is 196 Å². The van der Waals surface area contributed by atoms with Crippen LogP contribution in [0.4, 0.5) is 0 Å². The summed E-state index contributed by atoms with van der Waals surface area (Å²) in [5.41, 5.74) is 0.613. The zero-order valence-corrected chi connectivity index (χ0v) is 21.1. The first-order chi connectivity index (χ1) is 15.6. The van der Waals surface area contributed by atoms with Crippen LogP contribution in [0.15, 0.2) is 0 Å². The first-order valence-electron chi connectivity index (χ1n) is 13.1. The van der Waals surface area contributed by atoms with Crippen LogP contribution in [0, 0.1) is 0 Å². The molecule has 5 nitrogen and oxygen atoms in total. The van der Waals surface area contributed by atoms with Crippen LogP contribution in [0.3, 0.4) is 0 Å². The van der Waals surface area contributed by atoms with Crippen molar-refractivity contribution in [3.8, 4) is 28.7 Å². The van der Waals surface area contributed by atoms with Crippen LogP contribution in [0.1, 0.15) is 117 Å². The topological polar surface area (TPSA) is 68.2 Å². The van der Waals surface area contributed by atoms with Crippen molar-refractivity contribution < 1.29 is 24.4 Å². The van der Waals surface area contributed by atoms with Crippen LogP contribution in [-0.2, 0) is 6.42 Å². The van der Waals surface area contributed by atoms with Crippen LogP contribution < -0.4 is 14.2 Å². The van der Waals surface area contributed by atoms with E-state index < -0.39 is 0 Å². The lowest BCUT2D eigenvalue weighted by Gasteiger charge is -2.22. The van der Waals surface area contributed by atoms with Gasteiger partial charge in [-0.15, -0.1) is 0 Å². The van der Waals surface area contributed by atoms with Crippen LogP contribution in [0.2, 0.25) is 0 Å². The van der Waals surface area contributed by atoms with Crippen LogP contribution in [0.25, 0.3) is 0 Å². The molecule has 0 saturated heterocycles. The molecule has 0 unspecified atom stereocenters. The summed E-state index contributed by atoms with van der Waals surface area (Å²) in [7, 11) is 0. The molecule has 0 fully saturated rings. The van der Waals surface area contributed by atoms with Gasteiger partial charge in [0.15, 0.2) is 11.5 Å². The fourth-order valence-corrected chi connectivity index (χ4v) is 3.71. The third-order valence-electron chi connectivity index (χ3n) is 5.64. The van der Waals surface area contributed by atoms with E-state index in [4.69, 9.17) is 14.2 Å². The number of phenols is 2. The third-order valence-corrected chi connectivity index (χ3v) is 5.64. The van der Waals surface area contributed by atoms with E-state index in [1.54, 1.807) is 0 Å². The van der Waals surface area contributed by atoms with Crippen molar-refractivity contribution in [1.82, 2.24) is 0 Å². The highest BCUT2D eigenvalue weighted by molar-refractivity contribution is 5.69. The smallest absolute Gasteiger partial charge is 0.211 e. The molecule has 0 saturated carbocycles. The quantitative estimate of drug-likeness (QED) is 0.155. The molecule has 1 rings (SSSR count). The molecule has 0 bridgehead atoms. The number of hydrogen-bond acceptors (Lipinski definition) is 5. The molecule has 0 aliphatic rings. The van der Waals surface area contributed by atoms with Gasteiger partial charge in [0.05, 0.1) is 19.8 Å². The van der Waals surface area contributed by atoms with E-state index in [1.807, 2.05) is 6.92 Å². The molecule has 32 heavy (non-hydrogen) atoms. The van der Waals surface area contributed by atoms with Crippen molar-refractivity contribution in [1.29, 1.82) is 0 Å². The predicted octanol–water partition coefficient (Wildman–Crippen LogP) is 7.93. The molecular weight excluding hydrogens is 404 g/mol. The van der Waals surface area contributed by atoms with Gasteiger partial charge >= 0.3 is 0 Å². The van der Waals surface area contributed by atoms with E-state index in [0.717, 1.165) is 57.8 Å². The summed E-state index contributed by atoms with van der Waals surface area (Å²) in [5, 5.41) is 21.6. The Morgan fingerprint density at radius 2 is 0.906 bits per heavy atom. The summed E-state index contributed by atoms with van der Waals surface area (Å²) < 4.78 is 18.3. The van der Waals surface area contributed by atoms with Gasteiger partial charge in [0.1, 0.15) is 0 Å². The van der Waals surface area contributed by atoms with Gasteiger partial charge in [0.25, 0.3) is 0 Å². The number of benzene rings is 1. The molecular formula is C27H48O5. The predicted molar refractivity (Wildman–Crippen MR) is 133 cm³/mol. The first kappa shape index (κ1) is 28.3. The standard InChI is InChI=1S/C27H48O5/c1-5-9-12-15-19-30-25-22(18-8-4)23(28)24(29)26(31-20-16-13-10-6-2)27(25)32-21-17-14-11-7-3/h28-29H,5-21H2,1-4H3. The van der Waals surface area contributed by atoms with E-state index in [9.17, 15) is 10.2 Å². The minimum absolute atomic E-state index is 0.141. The Hall–Kier alpha value is -1.78. The van der Waals surface area contributed by atoms with Crippen molar-refractivity contribution in [2.45, 2.75) is 118 Å². The zero-order chi connectivity index (χ0) is 23.6. The number of ether oxygens (including phenoxy) is 3. The van der Waals surface area contributed by atoms with Gasteiger partial charge in [-0.25, -0.2) is 0 Å². The summed E-state index contributed by atoms with van der Waals surface area (Å²) in [6.07, 6.45) is 14.5. The number of unbranched alkanes of at least 4 members (excludes halogenated alkanes) is 9. The molecule has 0 spiro atoms. The fourth-order valence-electron chi connectivity index (χ4n) is 3.71. The van der Waals surface area contributed by atoms with Gasteiger partial charge in [-0.3, -0.25) is 0 Å². The van der Waals surface area contributed by atoms with Crippen molar-refractivity contribution in [3.05, 3.63) is 5.56 Å². The highest BCUT2D eigenvalue weighted by Crippen LogP contribution is 2.53. The van der Waals surface area contributed by atoms with Crippen molar-refractivity contribution in [2.24, 2.45) is 0 Å². The molecule has 0 aliphatic carbocycles. The number of aromatic hydroxyl groups is 2. The Kier molecular flexibility index (Phi) is 15.7. The summed E-state index contributed by atoms with van der Waals surface area (Å²) in [6.45, 7) is 10.2. The van der Waals surface area contributed by atoms with E-state index in [0.29, 0.717) is 43.3 Å². The SMILES string of the molecule is CCCCCCOc1c(O)c(O)c(CCC)c(OCCCCCC)c1OCCCCCC. The first-order valence-corrected chi connectivity index (χ1v) is 13.1. The van der Waals surface area contributed by atoms with E-state index in [1.165, 1.54) is 25.7 Å². The molecule has 186 valence electrons. The summed E-state index contributed by atoms with van der Waals surface area (Å²) in [4.78, 5) is 0. The maximum Gasteiger partial charge on any atom is 0.211 e. The molecule has 0 heterocycles. The highest BCUT2D eigenvalue weighted by atomic mass is 16.5.